The smallest absolute Gasteiger partial charge is 0.432 e. The van der Waals surface area contributed by atoms with Gasteiger partial charge < -0.3 is 14.9 Å². The molecule has 5 unspecified atom stereocenters. The minimum absolute atomic E-state index is 0.00867. The Labute approximate surface area is 138 Å². The van der Waals surface area contributed by atoms with E-state index in [2.05, 4.69) is 4.74 Å². The molecule has 0 saturated heterocycles. The summed E-state index contributed by atoms with van der Waals surface area (Å²) in [5.41, 5.74) is 0. The fraction of sp³-hybridized carbons (Fsp3) is 0.917. The van der Waals surface area contributed by atoms with E-state index in [1.54, 1.807) is 0 Å². The van der Waals surface area contributed by atoms with E-state index in [9.17, 15) is 45.4 Å². The summed E-state index contributed by atoms with van der Waals surface area (Å²) in [6, 6.07) is 0. The predicted molar refractivity (Wildman–Crippen MR) is 68.5 cm³/mol. The molecule has 0 amide bonds. The highest BCUT2D eigenvalue weighted by molar-refractivity contribution is 7.86. The Morgan fingerprint density at radius 1 is 1.08 bits per heavy atom. The van der Waals surface area contributed by atoms with Crippen molar-refractivity contribution in [1.82, 2.24) is 0 Å². The Morgan fingerprint density at radius 3 is 2.04 bits per heavy atom. The van der Waals surface area contributed by atoms with Crippen LogP contribution >= 0.6 is 0 Å². The van der Waals surface area contributed by atoms with Gasteiger partial charge in [0.15, 0.2) is 6.29 Å². The van der Waals surface area contributed by atoms with E-state index in [1.165, 1.54) is 0 Å². The van der Waals surface area contributed by atoms with E-state index >= 15 is 0 Å². The average Bonchev–Trinajstić information content (AvgIpc) is 3.01. The van der Waals surface area contributed by atoms with Gasteiger partial charge in [-0.05, 0) is 31.1 Å². The van der Waals surface area contributed by atoms with Crippen molar-refractivity contribution in [3.8, 4) is 0 Å². The summed E-state index contributed by atoms with van der Waals surface area (Å²) in [6.45, 7) is 0. The van der Waals surface area contributed by atoms with E-state index in [1.807, 2.05) is 0 Å². The molecule has 0 aromatic heterocycles. The third-order valence-corrected chi connectivity index (χ3v) is 5.63. The van der Waals surface area contributed by atoms with Crippen molar-refractivity contribution in [2.24, 2.45) is 23.7 Å². The lowest BCUT2D eigenvalue weighted by Gasteiger charge is -2.32. The molecule has 2 bridgehead atoms. The maximum atomic E-state index is 13.4. The van der Waals surface area contributed by atoms with Crippen LogP contribution in [-0.2, 0) is 19.6 Å². The van der Waals surface area contributed by atoms with Crippen molar-refractivity contribution >= 4 is 16.1 Å². The number of hydrogen-bond acceptors (Lipinski definition) is 6. The Kier molecular flexibility index (Phi) is 5.09. The van der Waals surface area contributed by atoms with Crippen LogP contribution in [0.25, 0.3) is 0 Å². The number of hydrogen-bond donors (Lipinski definition) is 3. The highest BCUT2D eigenvalue weighted by Gasteiger charge is 2.66. The monoisotopic (exact) mass is 398 g/mol. The molecular formula is C12H15F5O7S. The molecule has 2 aliphatic rings. The molecule has 25 heavy (non-hydrogen) atoms. The zero-order valence-electron chi connectivity index (χ0n) is 12.4. The molecule has 0 aromatic rings. The maximum Gasteiger partial charge on any atom is 0.432 e. The number of halogens is 5. The van der Waals surface area contributed by atoms with Gasteiger partial charge in [-0.15, -0.1) is 0 Å². The Hall–Kier alpha value is -1.05. The van der Waals surface area contributed by atoms with Gasteiger partial charge in [-0.1, -0.05) is 0 Å². The number of ether oxygens (including phenoxy) is 1. The number of carbonyl (C=O) groups is 1. The number of carbonyl (C=O) groups excluding carboxylic acids is 1. The van der Waals surface area contributed by atoms with E-state index in [4.69, 9.17) is 4.55 Å². The molecule has 7 nitrogen and oxygen atoms in total. The summed E-state index contributed by atoms with van der Waals surface area (Å²) in [5.74, 6) is -4.81. The van der Waals surface area contributed by atoms with Gasteiger partial charge in [0.25, 0.3) is 6.10 Å². The Bertz CT molecular complexity index is 632. The second kappa shape index (κ2) is 6.28. The normalized spacial score (nSPS) is 31.4. The van der Waals surface area contributed by atoms with Gasteiger partial charge in [-0.2, -0.15) is 30.4 Å². The fourth-order valence-corrected chi connectivity index (χ4v) is 4.14. The number of rotatable bonds is 5. The number of aliphatic hydroxyl groups excluding tert-OH is 1. The first-order chi connectivity index (χ1) is 11.2. The topological polar surface area (TPSA) is 121 Å². The van der Waals surface area contributed by atoms with Crippen LogP contribution in [0, 0.1) is 23.7 Å². The first-order valence-electron chi connectivity index (χ1n) is 7.14. The molecule has 2 saturated carbocycles. The SMILES string of the molecule is O=C(OC(C(F)(F)F)C(F)(F)S(=O)(=O)O)C1CC2CC(C(O)O)C1C2. The number of alkyl halides is 5. The lowest BCUT2D eigenvalue weighted by atomic mass is 9.80. The largest absolute Gasteiger partial charge is 0.444 e. The predicted octanol–water partition coefficient (Wildman–Crippen LogP) is 0.914. The molecule has 0 heterocycles. The van der Waals surface area contributed by atoms with Crippen molar-refractivity contribution in [2.45, 2.75) is 43.1 Å². The Morgan fingerprint density at radius 2 is 1.64 bits per heavy atom. The fourth-order valence-electron chi connectivity index (χ4n) is 3.68. The molecular weight excluding hydrogens is 383 g/mol. The third kappa shape index (κ3) is 3.73. The zero-order chi connectivity index (χ0) is 19.4. The van der Waals surface area contributed by atoms with Crippen molar-refractivity contribution < 1.29 is 54.7 Å². The first kappa shape index (κ1) is 20.3. The molecule has 0 aliphatic heterocycles. The van der Waals surface area contributed by atoms with Crippen LogP contribution in [0.4, 0.5) is 22.0 Å². The van der Waals surface area contributed by atoms with Gasteiger partial charge in [-0.3, -0.25) is 9.35 Å². The van der Waals surface area contributed by atoms with Crippen LogP contribution in [-0.4, -0.2) is 53.0 Å². The second-order valence-electron chi connectivity index (χ2n) is 6.32. The highest BCUT2D eigenvalue weighted by atomic mass is 32.2. The summed E-state index contributed by atoms with van der Waals surface area (Å²) in [6.07, 6.45) is -11.6. The summed E-state index contributed by atoms with van der Waals surface area (Å²) in [5, 5.41) is 12.6. The molecule has 2 aliphatic carbocycles. The van der Waals surface area contributed by atoms with Crippen molar-refractivity contribution in [3.63, 3.8) is 0 Å². The molecule has 146 valence electrons. The van der Waals surface area contributed by atoms with Crippen LogP contribution in [0.2, 0.25) is 0 Å². The van der Waals surface area contributed by atoms with Crippen LogP contribution in [0.3, 0.4) is 0 Å². The quantitative estimate of drug-likeness (QED) is 0.272. The second-order valence-corrected chi connectivity index (χ2v) is 7.81. The van der Waals surface area contributed by atoms with Crippen LogP contribution in [0.5, 0.6) is 0 Å². The number of fused-ring (bicyclic) bond motifs is 2. The zero-order valence-corrected chi connectivity index (χ0v) is 13.2. The lowest BCUT2D eigenvalue weighted by Crippen LogP contribution is -2.53. The molecule has 0 radical (unpaired) electrons. The van der Waals surface area contributed by atoms with E-state index < -0.39 is 57.7 Å². The van der Waals surface area contributed by atoms with Gasteiger partial charge in [0.2, 0.25) is 0 Å². The minimum Gasteiger partial charge on any atom is -0.444 e. The molecule has 2 rings (SSSR count). The van der Waals surface area contributed by atoms with Gasteiger partial charge in [0, 0.05) is 5.92 Å². The average molecular weight is 398 g/mol. The first-order valence-corrected chi connectivity index (χ1v) is 8.58. The van der Waals surface area contributed by atoms with Crippen LogP contribution < -0.4 is 0 Å². The number of esters is 1. The Balaban J connectivity index is 2.22. The molecule has 2 fully saturated rings. The molecule has 5 atom stereocenters. The molecule has 3 N–H and O–H groups in total. The van der Waals surface area contributed by atoms with Crippen molar-refractivity contribution in [3.05, 3.63) is 0 Å². The van der Waals surface area contributed by atoms with E-state index in [0.29, 0.717) is 6.42 Å². The van der Waals surface area contributed by atoms with E-state index in [-0.39, 0.29) is 18.8 Å². The standard InChI is InChI=1S/C12H15F5O7S/c13-11(14,15)10(12(16,17)25(21,22)23)24-9(20)7-3-4-1-5(7)6(2-4)8(18)19/h4-8,10,18-19H,1-3H2,(H,21,22,23). The summed E-state index contributed by atoms with van der Waals surface area (Å²) in [7, 11) is -6.50. The molecule has 13 heteroatoms. The third-order valence-electron chi connectivity index (χ3n) is 4.73. The van der Waals surface area contributed by atoms with Crippen molar-refractivity contribution in [1.29, 1.82) is 0 Å². The summed E-state index contributed by atoms with van der Waals surface area (Å²) < 4.78 is 98.4. The minimum atomic E-state index is -6.50. The van der Waals surface area contributed by atoms with Gasteiger partial charge in [0.1, 0.15) is 0 Å². The lowest BCUT2D eigenvalue weighted by molar-refractivity contribution is -0.261. The summed E-state index contributed by atoms with van der Waals surface area (Å²) in [4.78, 5) is 11.9. The van der Waals surface area contributed by atoms with E-state index in [0.717, 1.165) is 0 Å². The highest BCUT2D eigenvalue weighted by Crippen LogP contribution is 2.53. The van der Waals surface area contributed by atoms with Gasteiger partial charge >= 0.3 is 27.5 Å². The molecule has 0 spiro atoms. The van der Waals surface area contributed by atoms with Crippen LogP contribution in [0.15, 0.2) is 0 Å². The maximum absolute atomic E-state index is 13.4. The van der Waals surface area contributed by atoms with Crippen LogP contribution in [0.1, 0.15) is 19.3 Å². The molecule has 0 aromatic carbocycles. The van der Waals surface area contributed by atoms with Gasteiger partial charge in [-0.25, -0.2) is 0 Å². The number of aliphatic hydroxyl groups is 2. The van der Waals surface area contributed by atoms with Crippen molar-refractivity contribution in [2.75, 3.05) is 0 Å². The van der Waals surface area contributed by atoms with Gasteiger partial charge in [0.05, 0.1) is 5.92 Å². The summed E-state index contributed by atoms with van der Waals surface area (Å²) >= 11 is 0.